The average molecular weight is 411 g/mol. The van der Waals surface area contributed by atoms with E-state index in [9.17, 15) is 0 Å². The van der Waals surface area contributed by atoms with Crippen LogP contribution in [0.25, 0.3) is 22.8 Å². The van der Waals surface area contributed by atoms with Crippen LogP contribution in [0.15, 0.2) is 85.5 Å². The highest BCUT2D eigenvalue weighted by molar-refractivity contribution is 5.55. The van der Waals surface area contributed by atoms with Gasteiger partial charge in [-0.3, -0.25) is 0 Å². The Balaban J connectivity index is 1.20. The van der Waals surface area contributed by atoms with Crippen molar-refractivity contribution in [2.45, 2.75) is 26.1 Å². The molecule has 2 aromatic heterocycles. The minimum atomic E-state index is 0.356. The third-order valence-electron chi connectivity index (χ3n) is 4.99. The largest absolute Gasteiger partial charge is 0.311 e. The minimum absolute atomic E-state index is 0.356. The summed E-state index contributed by atoms with van der Waals surface area (Å²) < 4.78 is 0. The fourth-order valence-corrected chi connectivity index (χ4v) is 3.24. The summed E-state index contributed by atoms with van der Waals surface area (Å²) in [6, 6.07) is 20.8. The van der Waals surface area contributed by atoms with Gasteiger partial charge in [-0.1, -0.05) is 48.5 Å². The van der Waals surface area contributed by atoms with E-state index in [4.69, 9.17) is 0 Å². The molecule has 0 radical (unpaired) electrons. The lowest BCUT2D eigenvalue weighted by molar-refractivity contribution is 0.501. The molecule has 1 atom stereocenters. The predicted molar refractivity (Wildman–Crippen MR) is 123 cm³/mol. The smallest absolute Gasteiger partial charge is 0.159 e. The first-order chi connectivity index (χ1) is 15.3. The Labute approximate surface area is 182 Å². The van der Waals surface area contributed by atoms with E-state index in [1.165, 1.54) is 11.1 Å². The van der Waals surface area contributed by atoms with Crippen molar-refractivity contribution >= 4 is 0 Å². The van der Waals surface area contributed by atoms with E-state index in [2.05, 4.69) is 86.0 Å². The Hall–Kier alpha value is -3.48. The zero-order valence-corrected chi connectivity index (χ0v) is 17.6. The van der Waals surface area contributed by atoms with Gasteiger partial charge in [-0.2, -0.15) is 0 Å². The Morgan fingerprint density at radius 3 is 1.58 bits per heavy atom. The standard InChI is InChI=1S/C25H26N6/c1-19(31-18-21-6-10-23(11-7-21)25-29-14-3-15-30-25)16-26-17-20-4-8-22(9-5-20)24-27-12-2-13-28-24/h2-15,19,26,31H,16-18H2,1H3/t19-/m0/s1. The van der Waals surface area contributed by atoms with Gasteiger partial charge in [-0.05, 0) is 30.2 Å². The van der Waals surface area contributed by atoms with E-state index in [0.717, 1.165) is 42.4 Å². The molecule has 0 amide bonds. The van der Waals surface area contributed by atoms with Crippen LogP contribution < -0.4 is 10.6 Å². The van der Waals surface area contributed by atoms with Crippen LogP contribution in [-0.4, -0.2) is 32.5 Å². The minimum Gasteiger partial charge on any atom is -0.311 e. The first kappa shape index (κ1) is 20.8. The molecular formula is C25H26N6. The van der Waals surface area contributed by atoms with E-state index < -0.39 is 0 Å². The van der Waals surface area contributed by atoms with E-state index in [1.807, 2.05) is 12.1 Å². The molecule has 6 nitrogen and oxygen atoms in total. The molecule has 0 saturated carbocycles. The van der Waals surface area contributed by atoms with Crippen LogP contribution in [-0.2, 0) is 13.1 Å². The van der Waals surface area contributed by atoms with E-state index in [0.29, 0.717) is 6.04 Å². The second-order valence-electron chi connectivity index (χ2n) is 7.45. The van der Waals surface area contributed by atoms with Crippen molar-refractivity contribution in [3.63, 3.8) is 0 Å². The number of nitrogens with one attached hydrogen (secondary N) is 2. The molecule has 0 aliphatic rings. The maximum atomic E-state index is 4.29. The Morgan fingerprint density at radius 2 is 1.10 bits per heavy atom. The molecule has 0 aliphatic carbocycles. The Kier molecular flexibility index (Phi) is 7.05. The zero-order chi connectivity index (χ0) is 21.3. The first-order valence-electron chi connectivity index (χ1n) is 10.4. The molecule has 4 rings (SSSR count). The van der Waals surface area contributed by atoms with Crippen LogP contribution in [0.3, 0.4) is 0 Å². The maximum absolute atomic E-state index is 4.29. The summed E-state index contributed by atoms with van der Waals surface area (Å²) in [5.41, 5.74) is 4.55. The molecule has 0 saturated heterocycles. The van der Waals surface area contributed by atoms with Gasteiger partial charge in [0.15, 0.2) is 11.6 Å². The molecule has 2 heterocycles. The summed E-state index contributed by atoms with van der Waals surface area (Å²) in [4.78, 5) is 17.2. The third-order valence-corrected chi connectivity index (χ3v) is 4.99. The van der Waals surface area contributed by atoms with Gasteiger partial charge in [0.25, 0.3) is 0 Å². The summed E-state index contributed by atoms with van der Waals surface area (Å²) in [6.07, 6.45) is 7.05. The van der Waals surface area contributed by atoms with Gasteiger partial charge in [0, 0.05) is 61.6 Å². The second-order valence-corrected chi connectivity index (χ2v) is 7.45. The normalized spacial score (nSPS) is 11.9. The SMILES string of the molecule is C[C@@H](CNCc1ccc(-c2ncccn2)cc1)NCc1ccc(-c2ncccn2)cc1. The fourth-order valence-electron chi connectivity index (χ4n) is 3.24. The van der Waals surface area contributed by atoms with E-state index in [-0.39, 0.29) is 0 Å². The number of rotatable bonds is 9. The van der Waals surface area contributed by atoms with Gasteiger partial charge >= 0.3 is 0 Å². The molecule has 4 aromatic rings. The van der Waals surface area contributed by atoms with E-state index >= 15 is 0 Å². The monoisotopic (exact) mass is 410 g/mol. The lowest BCUT2D eigenvalue weighted by Crippen LogP contribution is -2.35. The first-order valence-corrected chi connectivity index (χ1v) is 10.4. The molecule has 2 N–H and O–H groups in total. The van der Waals surface area contributed by atoms with Crippen LogP contribution in [0.4, 0.5) is 0 Å². The van der Waals surface area contributed by atoms with Gasteiger partial charge in [0.2, 0.25) is 0 Å². The van der Waals surface area contributed by atoms with Crippen LogP contribution in [0, 0.1) is 0 Å². The van der Waals surface area contributed by atoms with Crippen molar-refractivity contribution in [3.8, 4) is 22.8 Å². The van der Waals surface area contributed by atoms with Crippen molar-refractivity contribution in [1.82, 2.24) is 30.6 Å². The summed E-state index contributed by atoms with van der Waals surface area (Å²) in [5.74, 6) is 1.51. The Morgan fingerprint density at radius 1 is 0.645 bits per heavy atom. The maximum Gasteiger partial charge on any atom is 0.159 e. The van der Waals surface area contributed by atoms with Crippen molar-refractivity contribution < 1.29 is 0 Å². The highest BCUT2D eigenvalue weighted by atomic mass is 15.0. The highest BCUT2D eigenvalue weighted by Gasteiger charge is 2.04. The van der Waals surface area contributed by atoms with Crippen LogP contribution in [0.5, 0.6) is 0 Å². The third kappa shape index (κ3) is 6.01. The summed E-state index contributed by atoms with van der Waals surface area (Å²) in [5, 5.41) is 7.08. The number of aromatic nitrogens is 4. The highest BCUT2D eigenvalue weighted by Crippen LogP contribution is 2.15. The van der Waals surface area contributed by atoms with Crippen LogP contribution >= 0.6 is 0 Å². The number of benzene rings is 2. The summed E-state index contributed by atoms with van der Waals surface area (Å²) in [6.45, 7) is 4.73. The molecular weight excluding hydrogens is 384 g/mol. The van der Waals surface area contributed by atoms with Crippen molar-refractivity contribution in [2.75, 3.05) is 6.54 Å². The van der Waals surface area contributed by atoms with Gasteiger partial charge in [0.1, 0.15) is 0 Å². The van der Waals surface area contributed by atoms with Gasteiger partial charge in [-0.15, -0.1) is 0 Å². The van der Waals surface area contributed by atoms with Gasteiger partial charge in [-0.25, -0.2) is 19.9 Å². The van der Waals surface area contributed by atoms with E-state index in [1.54, 1.807) is 24.8 Å². The van der Waals surface area contributed by atoms with Crippen molar-refractivity contribution in [1.29, 1.82) is 0 Å². The molecule has 0 spiro atoms. The molecule has 0 bridgehead atoms. The fraction of sp³-hybridized carbons (Fsp3) is 0.200. The van der Waals surface area contributed by atoms with Crippen LogP contribution in [0.2, 0.25) is 0 Å². The molecule has 0 aliphatic heterocycles. The average Bonchev–Trinajstić information content (AvgIpc) is 2.85. The predicted octanol–water partition coefficient (Wildman–Crippen LogP) is 3.87. The molecule has 31 heavy (non-hydrogen) atoms. The number of nitrogens with zero attached hydrogens (tertiary/aromatic N) is 4. The van der Waals surface area contributed by atoms with Crippen LogP contribution in [0.1, 0.15) is 18.1 Å². The zero-order valence-electron chi connectivity index (χ0n) is 17.6. The molecule has 0 fully saturated rings. The second kappa shape index (κ2) is 10.5. The molecule has 156 valence electrons. The molecule has 6 heteroatoms. The number of hydrogen-bond donors (Lipinski definition) is 2. The quantitative estimate of drug-likeness (QED) is 0.436. The van der Waals surface area contributed by atoms with Crippen molar-refractivity contribution in [3.05, 3.63) is 96.6 Å². The lowest BCUT2D eigenvalue weighted by atomic mass is 10.1. The Bertz CT molecular complexity index is 1050. The number of hydrogen-bond acceptors (Lipinski definition) is 6. The van der Waals surface area contributed by atoms with Crippen molar-refractivity contribution in [2.24, 2.45) is 0 Å². The molecule has 2 aromatic carbocycles. The molecule has 0 unspecified atom stereocenters. The summed E-state index contributed by atoms with van der Waals surface area (Å²) >= 11 is 0. The van der Waals surface area contributed by atoms with Gasteiger partial charge < -0.3 is 10.6 Å². The topological polar surface area (TPSA) is 75.6 Å². The van der Waals surface area contributed by atoms with Gasteiger partial charge in [0.05, 0.1) is 0 Å². The summed E-state index contributed by atoms with van der Waals surface area (Å²) in [7, 11) is 0. The lowest BCUT2D eigenvalue weighted by Gasteiger charge is -2.15.